The van der Waals surface area contributed by atoms with Crippen LogP contribution < -0.4 is 54.2 Å². The van der Waals surface area contributed by atoms with E-state index in [1.54, 1.807) is 55.6 Å². The van der Waals surface area contributed by atoms with E-state index in [-0.39, 0.29) is 41.9 Å². The third-order valence-corrected chi connectivity index (χ3v) is 10.9. The fourth-order valence-corrected chi connectivity index (χ4v) is 6.35. The molecule has 8 aromatic heterocycles. The van der Waals surface area contributed by atoms with E-state index in [2.05, 4.69) is 95.5 Å². The Kier molecular flexibility index (Phi) is 48.7. The van der Waals surface area contributed by atoms with Crippen molar-refractivity contribution in [2.45, 2.75) is 78.6 Å². The Balaban J connectivity index is 0.000000958. The summed E-state index contributed by atoms with van der Waals surface area (Å²) in [5, 5.41) is 24.2. The van der Waals surface area contributed by atoms with Gasteiger partial charge in [0.1, 0.15) is 0 Å². The normalized spacial score (nSPS) is 9.40. The highest BCUT2D eigenvalue weighted by molar-refractivity contribution is 7.15. The number of H-pyrrole nitrogens is 8. The second-order valence-electron chi connectivity index (χ2n) is 17.7. The minimum atomic E-state index is -0.797. The molecular weight excluding hydrogens is 1140 g/mol. The third-order valence-electron chi connectivity index (χ3n) is 10.3. The molecule has 0 saturated carbocycles. The summed E-state index contributed by atoms with van der Waals surface area (Å²) in [6, 6.07) is 17.0. The lowest BCUT2D eigenvalue weighted by atomic mass is 10.2. The number of carboxylic acid groups (broad SMARTS) is 1. The van der Waals surface area contributed by atoms with Crippen molar-refractivity contribution in [1.82, 2.24) is 76.7 Å². The van der Waals surface area contributed by atoms with E-state index in [9.17, 15) is 33.6 Å². The summed E-state index contributed by atoms with van der Waals surface area (Å²) in [6.45, 7) is 10.5. The Morgan fingerprint density at radius 1 is 0.384 bits per heavy atom. The molecule has 0 aliphatic rings. The number of nitrogens with two attached hydrogens (primary N) is 3. The minimum absolute atomic E-state index is 0.00426. The monoisotopic (exact) mass is 1230 g/mol. The number of rotatable bonds is 23. The molecule has 26 nitrogen and oxygen atoms in total. The topological polar surface area (TPSA) is 428 Å². The highest BCUT2D eigenvalue weighted by Crippen LogP contribution is 2.02. The number of aliphatic carboxylic acids is 1. The molecule has 0 saturated heterocycles. The van der Waals surface area contributed by atoms with Gasteiger partial charge in [0.25, 0.3) is 0 Å². The molecule has 8 heterocycles. The SMILES string of the molecule is CCCNC(=O)Cc1cc[nH]c1.CCCNC(=O)Cc1cc[nH]c1.CCNN.NCCNC(=O)Cc1cc[nH]c1.NCCNC(=O)Cc1cc[nH]c1.O=C(Cc1cc[nH]c1)NP.O=C(Cc1cc[nH]c1)NP.O=C(O)Cc1cc[nH]c1.c1cc[nH]c1. The van der Waals surface area contributed by atoms with Gasteiger partial charge in [-0.15, -0.1) is 0 Å². The molecule has 0 spiro atoms. The molecule has 22 N–H and O–H groups in total. The van der Waals surface area contributed by atoms with Crippen molar-refractivity contribution in [1.29, 1.82) is 0 Å². The van der Waals surface area contributed by atoms with Crippen molar-refractivity contribution in [3.8, 4) is 0 Å². The fraction of sp³-hybridized carbons (Fsp3) is 0.328. The molecule has 0 bridgehead atoms. The van der Waals surface area contributed by atoms with Crippen LogP contribution in [0, 0.1) is 0 Å². The molecule has 28 heteroatoms. The van der Waals surface area contributed by atoms with E-state index < -0.39 is 5.97 Å². The van der Waals surface area contributed by atoms with Gasteiger partial charge < -0.3 is 87.9 Å². The van der Waals surface area contributed by atoms with Gasteiger partial charge in [-0.25, -0.2) is 0 Å². The lowest BCUT2D eigenvalue weighted by Gasteiger charge is -2.00. The Morgan fingerprint density at radius 3 is 0.779 bits per heavy atom. The van der Waals surface area contributed by atoms with Crippen LogP contribution in [0.4, 0.5) is 0 Å². The first kappa shape index (κ1) is 77.2. The number of hydrogen-bond acceptors (Lipinski definition) is 11. The molecule has 6 amide bonds. The first-order valence-electron chi connectivity index (χ1n) is 27.7. The minimum Gasteiger partial charge on any atom is -0.481 e. The molecule has 0 aliphatic carbocycles. The molecule has 0 aromatic carbocycles. The maximum Gasteiger partial charge on any atom is 0.307 e. The molecule has 0 fully saturated rings. The molecule has 0 aliphatic heterocycles. The van der Waals surface area contributed by atoms with Gasteiger partial charge in [0.15, 0.2) is 0 Å². The summed E-state index contributed by atoms with van der Waals surface area (Å²) >= 11 is 0. The Morgan fingerprint density at radius 2 is 0.616 bits per heavy atom. The second-order valence-corrected chi connectivity index (χ2v) is 18.3. The van der Waals surface area contributed by atoms with Gasteiger partial charge in [-0.05, 0) is 125 Å². The van der Waals surface area contributed by atoms with Gasteiger partial charge in [0.05, 0.1) is 44.9 Å². The molecule has 2 atom stereocenters. The lowest BCUT2D eigenvalue weighted by molar-refractivity contribution is -0.136. The van der Waals surface area contributed by atoms with Crippen LogP contribution in [0.1, 0.15) is 72.6 Å². The number of aromatic nitrogens is 8. The molecule has 8 aromatic rings. The van der Waals surface area contributed by atoms with Crippen LogP contribution in [0.3, 0.4) is 0 Å². The van der Waals surface area contributed by atoms with Gasteiger partial charge in [-0.3, -0.25) is 44.8 Å². The van der Waals surface area contributed by atoms with Crippen LogP contribution in [0.2, 0.25) is 0 Å². The number of carboxylic acids is 1. The van der Waals surface area contributed by atoms with Crippen molar-refractivity contribution in [3.63, 3.8) is 0 Å². The average Bonchev–Trinajstić information content (AvgIpc) is 4.38. The first-order chi connectivity index (χ1) is 41.7. The summed E-state index contributed by atoms with van der Waals surface area (Å²) in [6.07, 6.45) is 33.6. The van der Waals surface area contributed by atoms with Crippen molar-refractivity contribution < 1.29 is 38.7 Å². The van der Waals surface area contributed by atoms with Crippen molar-refractivity contribution in [2.75, 3.05) is 45.8 Å². The molecule has 2 unspecified atom stereocenters. The predicted molar refractivity (Wildman–Crippen MR) is 344 cm³/mol. The Labute approximate surface area is 508 Å². The van der Waals surface area contributed by atoms with Gasteiger partial charge in [-0.2, -0.15) is 0 Å². The van der Waals surface area contributed by atoms with Crippen LogP contribution in [0.25, 0.3) is 0 Å². The third kappa shape index (κ3) is 46.7. The van der Waals surface area contributed by atoms with Crippen molar-refractivity contribution >= 4 is 60.2 Å². The van der Waals surface area contributed by atoms with E-state index in [0.717, 1.165) is 71.4 Å². The lowest BCUT2D eigenvalue weighted by Crippen LogP contribution is -2.30. The van der Waals surface area contributed by atoms with Crippen LogP contribution in [0.15, 0.2) is 154 Å². The standard InChI is InChI=1S/2C9H14N2O.2C8H13N3O.2C6H9N2OP.C6H7NO2.C4H5N.C2H8N2/c2*1-2-4-11-9(12)6-8-3-5-10-7-8;2*9-2-4-11-8(12)5-7-1-3-10-6-7;2*9-6(8-10)3-5-1-2-7-4-5;8-6(9)3-5-1-2-7-4-5;1-2-4-5-3-1;1-2-4-3/h2*3,5,7,10H,2,4,6H2,1H3,(H,11,12);2*1,3,6,10H,2,4-5,9H2,(H,11,12);2*1-2,4,7H,3,10H2,(H,8,9);1-2,4,7H,3H2,(H,8,9);1-5H;4H,2-3H2,1H3. The number of aromatic amines is 8. The van der Waals surface area contributed by atoms with E-state index in [0.29, 0.717) is 64.7 Å². The van der Waals surface area contributed by atoms with Crippen molar-refractivity contribution in [2.24, 2.45) is 17.3 Å². The molecule has 472 valence electrons. The van der Waals surface area contributed by atoms with E-state index in [1.165, 1.54) is 0 Å². The van der Waals surface area contributed by atoms with Gasteiger partial charge in [0, 0.05) is 145 Å². The van der Waals surface area contributed by atoms with Crippen LogP contribution in [0.5, 0.6) is 0 Å². The summed E-state index contributed by atoms with van der Waals surface area (Å²) in [7, 11) is 4.35. The summed E-state index contributed by atoms with van der Waals surface area (Å²) in [4.78, 5) is 99.0. The van der Waals surface area contributed by atoms with E-state index in [1.807, 2.05) is 119 Å². The smallest absolute Gasteiger partial charge is 0.307 e. The highest BCUT2D eigenvalue weighted by Gasteiger charge is 2.05. The van der Waals surface area contributed by atoms with Crippen LogP contribution in [-0.2, 0) is 78.5 Å². The van der Waals surface area contributed by atoms with Crippen LogP contribution >= 0.6 is 18.8 Å². The number of amides is 6. The van der Waals surface area contributed by atoms with Gasteiger partial charge >= 0.3 is 5.97 Å². The zero-order valence-electron chi connectivity index (χ0n) is 49.4. The number of hydrazine groups is 1. The Hall–Kier alpha value is -8.77. The summed E-state index contributed by atoms with van der Waals surface area (Å²) in [5.41, 5.74) is 19.7. The maximum atomic E-state index is 11.1. The number of carbonyl (C=O) groups excluding carboxylic acids is 6. The highest BCUT2D eigenvalue weighted by atomic mass is 31.0. The summed E-state index contributed by atoms with van der Waals surface area (Å²) in [5.74, 6) is 4.21. The van der Waals surface area contributed by atoms with E-state index in [4.69, 9.17) is 22.4 Å². The zero-order valence-corrected chi connectivity index (χ0v) is 51.7. The van der Waals surface area contributed by atoms with Crippen molar-refractivity contribution in [3.05, 3.63) is 193 Å². The summed E-state index contributed by atoms with van der Waals surface area (Å²) < 4.78 is 0. The Bertz CT molecular complexity index is 2500. The second kappa shape index (κ2) is 54.2. The molecule has 0 radical (unpaired) electrons. The molecule has 86 heavy (non-hydrogen) atoms. The molecule has 8 rings (SSSR count). The number of carbonyl (C=O) groups is 7. The van der Waals surface area contributed by atoms with Gasteiger partial charge in [-0.1, -0.05) is 20.8 Å². The maximum absolute atomic E-state index is 11.1. The quantitative estimate of drug-likeness (QED) is 0.0249. The van der Waals surface area contributed by atoms with Crippen LogP contribution in [-0.4, -0.2) is 132 Å². The zero-order chi connectivity index (χ0) is 63.7. The van der Waals surface area contributed by atoms with Gasteiger partial charge in [0.2, 0.25) is 35.4 Å². The largest absolute Gasteiger partial charge is 0.481 e. The number of hydrogen-bond donors (Lipinski definition) is 19. The fourth-order valence-electron chi connectivity index (χ4n) is 6.15. The molecular formula is C58H92N18O8P2. The number of nitrogens with one attached hydrogen (secondary N) is 15. The first-order valence-corrected chi connectivity index (χ1v) is 28.8. The van der Waals surface area contributed by atoms with E-state index >= 15 is 0 Å². The predicted octanol–water partition coefficient (Wildman–Crippen LogP) is 3.48. The average molecular weight is 1230 g/mol.